The number of alkyl halides is 14. The van der Waals surface area contributed by atoms with Gasteiger partial charge in [-0.3, -0.25) is 0 Å². The van der Waals surface area contributed by atoms with Crippen molar-refractivity contribution >= 4 is 0 Å². The molecule has 4 nitrogen and oxygen atoms in total. The third kappa shape index (κ3) is 3.72. The molecule has 0 aliphatic carbocycles. The monoisotopic (exact) mass is 496 g/mol. The second-order valence-electron chi connectivity index (χ2n) is 6.12. The quantitative estimate of drug-likeness (QED) is 0.531. The van der Waals surface area contributed by atoms with Crippen molar-refractivity contribution < 1.29 is 61.5 Å². The Morgan fingerprint density at radius 3 is 1.19 bits per heavy atom. The average Bonchev–Trinajstić information content (AvgIpc) is 3.01. The first-order chi connectivity index (χ1) is 14.1. The summed E-state index contributed by atoms with van der Waals surface area (Å²) in [5.41, 5.74) is -14.1. The molecule has 0 bridgehead atoms. The summed E-state index contributed by atoms with van der Waals surface area (Å²) in [5.74, 6) is -8.26. The van der Waals surface area contributed by atoms with Gasteiger partial charge in [0, 0.05) is 13.2 Å². The van der Waals surface area contributed by atoms with E-state index in [1.54, 1.807) is 4.98 Å². The predicted molar refractivity (Wildman–Crippen MR) is 74.0 cm³/mol. The van der Waals surface area contributed by atoms with Crippen LogP contribution in [0.2, 0.25) is 0 Å². The van der Waals surface area contributed by atoms with Crippen LogP contribution in [0.3, 0.4) is 0 Å². The Morgan fingerprint density at radius 2 is 0.938 bits per heavy atom. The van der Waals surface area contributed by atoms with Gasteiger partial charge in [-0.1, -0.05) is 0 Å². The van der Waals surface area contributed by atoms with Crippen LogP contribution in [0.1, 0.15) is 11.6 Å². The molecule has 0 radical (unpaired) electrons. The Bertz CT molecular complexity index is 897. The van der Waals surface area contributed by atoms with E-state index in [0.717, 1.165) is 29.9 Å². The minimum atomic E-state index is -7.02. The van der Waals surface area contributed by atoms with Gasteiger partial charge in [-0.2, -0.15) is 52.7 Å². The molecule has 0 atom stereocenters. The van der Waals surface area contributed by atoms with Gasteiger partial charge in [-0.25, -0.2) is 23.7 Å². The lowest BCUT2D eigenvalue weighted by Gasteiger charge is -2.31. The molecule has 2 heterocycles. The highest BCUT2D eigenvalue weighted by atomic mass is 19.4. The summed E-state index contributed by atoms with van der Waals surface area (Å²) >= 11 is 0. The van der Waals surface area contributed by atoms with Gasteiger partial charge < -0.3 is 4.57 Å². The van der Waals surface area contributed by atoms with E-state index in [2.05, 4.69) is 9.97 Å². The summed E-state index contributed by atoms with van der Waals surface area (Å²) in [4.78, 5) is 6.64. The van der Waals surface area contributed by atoms with Crippen LogP contribution in [-0.2, 0) is 18.4 Å². The topological polar surface area (TPSA) is 43.6 Å². The Hall–Kier alpha value is -2.69. The summed E-state index contributed by atoms with van der Waals surface area (Å²) in [6.45, 7) is 0. The molecular weight excluding hydrogens is 490 g/mol. The van der Waals surface area contributed by atoms with Crippen LogP contribution >= 0.6 is 0 Å². The first-order valence-electron chi connectivity index (χ1n) is 7.62. The molecule has 0 fully saturated rings. The lowest BCUT2D eigenvalue weighted by molar-refractivity contribution is -0.354. The fraction of sp³-hybridized carbons (Fsp3) is 0.500. The second-order valence-corrected chi connectivity index (χ2v) is 6.12. The Balaban J connectivity index is 3.06. The highest BCUT2D eigenvalue weighted by Gasteiger charge is 2.78. The Labute approximate surface area is 166 Å². The highest BCUT2D eigenvalue weighted by Crippen LogP contribution is 2.55. The summed E-state index contributed by atoms with van der Waals surface area (Å²) in [6.07, 6.45) is -27.1. The van der Waals surface area contributed by atoms with Crippen molar-refractivity contribution in [3.05, 3.63) is 30.0 Å². The Kier molecular flexibility index (Phi) is 5.72. The molecule has 0 saturated carbocycles. The van der Waals surface area contributed by atoms with E-state index in [1.807, 2.05) is 0 Å². The maximum Gasteiger partial charge on any atom is 0.439 e. The van der Waals surface area contributed by atoms with Crippen molar-refractivity contribution in [1.29, 1.82) is 0 Å². The molecule has 0 aliphatic heterocycles. The maximum atomic E-state index is 14.3. The van der Waals surface area contributed by atoms with Crippen molar-refractivity contribution in [2.24, 2.45) is 7.05 Å². The second kappa shape index (κ2) is 7.16. The molecule has 0 saturated heterocycles. The van der Waals surface area contributed by atoms with Crippen molar-refractivity contribution in [2.45, 2.75) is 36.0 Å². The van der Waals surface area contributed by atoms with E-state index < -0.39 is 59.2 Å². The first-order valence-corrected chi connectivity index (χ1v) is 7.62. The van der Waals surface area contributed by atoms with Gasteiger partial charge in [-0.05, 0) is 12.1 Å². The standard InChI is InChI=1S/C14H6F14N4/c1-32-4-2-3-5(32)6-29-7(9(15,11(17,18)19)12(20,21)22)31-8(30-6)10(16,13(23,24)25)14(26,27)28/h2-4H,1H3. The van der Waals surface area contributed by atoms with Gasteiger partial charge in [0.15, 0.2) is 17.5 Å². The van der Waals surface area contributed by atoms with Gasteiger partial charge in [0.05, 0.1) is 5.69 Å². The van der Waals surface area contributed by atoms with Crippen LogP contribution in [-0.4, -0.2) is 44.2 Å². The Morgan fingerprint density at radius 1 is 0.594 bits per heavy atom. The zero-order valence-electron chi connectivity index (χ0n) is 14.8. The molecule has 2 aromatic rings. The SMILES string of the molecule is Cn1cccc1-c1nc(C(F)(C(F)(F)F)C(F)(F)F)nc(C(F)(C(F)(F)F)C(F)(F)F)n1. The number of rotatable bonds is 3. The van der Waals surface area contributed by atoms with Crippen LogP contribution in [0.25, 0.3) is 11.5 Å². The normalized spacial score (nSPS) is 14.7. The fourth-order valence-electron chi connectivity index (χ4n) is 2.32. The molecule has 2 rings (SSSR count). The van der Waals surface area contributed by atoms with Crippen LogP contribution in [0.5, 0.6) is 0 Å². The maximum absolute atomic E-state index is 14.3. The summed E-state index contributed by atoms with van der Waals surface area (Å²) in [5, 5.41) is 0. The summed E-state index contributed by atoms with van der Waals surface area (Å²) < 4.78 is 185. The molecule has 18 heteroatoms. The van der Waals surface area contributed by atoms with Gasteiger partial charge in [0.25, 0.3) is 0 Å². The molecule has 0 amide bonds. The third-order valence-electron chi connectivity index (χ3n) is 3.99. The molecule has 0 unspecified atom stereocenters. The van der Waals surface area contributed by atoms with Crippen molar-refractivity contribution in [2.75, 3.05) is 0 Å². The van der Waals surface area contributed by atoms with E-state index in [0.29, 0.717) is 0 Å². The molecule has 0 aromatic carbocycles. The number of hydrogen-bond donors (Lipinski definition) is 0. The fourth-order valence-corrected chi connectivity index (χ4v) is 2.32. The van der Waals surface area contributed by atoms with E-state index >= 15 is 0 Å². The minimum Gasteiger partial charge on any atom is -0.348 e. The first kappa shape index (κ1) is 25.6. The number of halogens is 14. The number of aryl methyl sites for hydroxylation is 1. The zero-order chi connectivity index (χ0) is 25.1. The molecular formula is C14H6F14N4. The van der Waals surface area contributed by atoms with Crippen molar-refractivity contribution in [1.82, 2.24) is 19.5 Å². The average molecular weight is 496 g/mol. The molecule has 0 N–H and O–H groups in total. The van der Waals surface area contributed by atoms with E-state index in [4.69, 9.17) is 0 Å². The predicted octanol–water partition coefficient (Wildman–Crippen LogP) is 5.46. The molecule has 180 valence electrons. The number of hydrogen-bond acceptors (Lipinski definition) is 3. The van der Waals surface area contributed by atoms with Crippen LogP contribution in [0.15, 0.2) is 18.3 Å². The van der Waals surface area contributed by atoms with E-state index in [-0.39, 0.29) is 0 Å². The summed E-state index contributed by atoms with van der Waals surface area (Å²) in [6, 6.07) is 1.70. The largest absolute Gasteiger partial charge is 0.439 e. The zero-order valence-corrected chi connectivity index (χ0v) is 14.8. The van der Waals surface area contributed by atoms with Gasteiger partial charge >= 0.3 is 36.0 Å². The van der Waals surface area contributed by atoms with Crippen LogP contribution in [0.4, 0.5) is 61.5 Å². The molecule has 32 heavy (non-hydrogen) atoms. The van der Waals surface area contributed by atoms with Gasteiger partial charge in [0.2, 0.25) is 0 Å². The summed E-state index contributed by atoms with van der Waals surface area (Å²) in [7, 11) is 0.977. The third-order valence-corrected chi connectivity index (χ3v) is 3.99. The number of nitrogens with zero attached hydrogens (tertiary/aromatic N) is 4. The van der Waals surface area contributed by atoms with Crippen molar-refractivity contribution in [3.63, 3.8) is 0 Å². The van der Waals surface area contributed by atoms with Crippen LogP contribution in [0, 0.1) is 0 Å². The lowest BCUT2D eigenvalue weighted by atomic mass is 10.0. The van der Waals surface area contributed by atoms with Gasteiger partial charge in [0.1, 0.15) is 0 Å². The smallest absolute Gasteiger partial charge is 0.348 e. The molecule has 2 aromatic heterocycles. The lowest BCUT2D eigenvalue weighted by Crippen LogP contribution is -2.54. The minimum absolute atomic E-state index is 0.727. The van der Waals surface area contributed by atoms with E-state index in [9.17, 15) is 61.5 Å². The highest BCUT2D eigenvalue weighted by molar-refractivity contribution is 5.50. The number of aromatic nitrogens is 4. The van der Waals surface area contributed by atoms with Crippen molar-refractivity contribution in [3.8, 4) is 11.5 Å². The van der Waals surface area contributed by atoms with Gasteiger partial charge in [-0.15, -0.1) is 0 Å². The molecule has 0 aliphatic rings. The van der Waals surface area contributed by atoms with E-state index in [1.165, 1.54) is 0 Å². The molecule has 0 spiro atoms. The van der Waals surface area contributed by atoms with Crippen LogP contribution < -0.4 is 0 Å².